The highest BCUT2D eigenvalue weighted by Gasteiger charge is 2.54. The molecule has 0 atom stereocenters. The average Bonchev–Trinajstić information content (AvgIpc) is 2.95. The number of hydrogen-bond acceptors (Lipinski definition) is 4. The molecule has 0 radical (unpaired) electrons. The molecular formula is C24H29NO4. The van der Waals surface area contributed by atoms with Gasteiger partial charge in [-0.05, 0) is 61.6 Å². The Morgan fingerprint density at radius 3 is 2.72 bits per heavy atom. The van der Waals surface area contributed by atoms with Crippen molar-refractivity contribution in [1.29, 1.82) is 0 Å². The van der Waals surface area contributed by atoms with Crippen LogP contribution in [0.15, 0.2) is 42.5 Å². The van der Waals surface area contributed by atoms with Crippen LogP contribution in [-0.2, 0) is 26.5 Å². The third-order valence-corrected chi connectivity index (χ3v) is 5.52. The molecule has 2 aliphatic heterocycles. The minimum absolute atomic E-state index is 0.146. The van der Waals surface area contributed by atoms with E-state index in [0.29, 0.717) is 26.4 Å². The van der Waals surface area contributed by atoms with Crippen LogP contribution in [0.1, 0.15) is 42.9 Å². The van der Waals surface area contributed by atoms with Gasteiger partial charge in [-0.1, -0.05) is 31.5 Å². The summed E-state index contributed by atoms with van der Waals surface area (Å²) in [5.41, 5.74) is 4.07. The van der Waals surface area contributed by atoms with Gasteiger partial charge in [0.2, 0.25) is 0 Å². The molecule has 0 aromatic heterocycles. The van der Waals surface area contributed by atoms with Gasteiger partial charge in [0, 0.05) is 5.56 Å². The summed E-state index contributed by atoms with van der Waals surface area (Å²) in [5.74, 6) is -0.626. The summed E-state index contributed by atoms with van der Waals surface area (Å²) in [4.78, 5) is 15.1. The molecule has 2 aromatic carbocycles. The van der Waals surface area contributed by atoms with E-state index in [9.17, 15) is 4.79 Å². The minimum atomic E-state index is -1.29. The van der Waals surface area contributed by atoms with Crippen LogP contribution in [0, 0.1) is 6.92 Å². The number of nitrogens with zero attached hydrogens (tertiary/aromatic N) is 1. The number of benzene rings is 2. The Morgan fingerprint density at radius 2 is 1.97 bits per heavy atom. The van der Waals surface area contributed by atoms with E-state index in [2.05, 4.69) is 19.1 Å². The van der Waals surface area contributed by atoms with Crippen LogP contribution < -0.4 is 9.64 Å². The fraction of sp³-hybridized carbons (Fsp3) is 0.458. The molecule has 0 N–H and O–H groups in total. The van der Waals surface area contributed by atoms with Crippen molar-refractivity contribution in [2.24, 2.45) is 0 Å². The molecule has 1 saturated heterocycles. The van der Waals surface area contributed by atoms with Gasteiger partial charge in [0.15, 0.2) is 0 Å². The van der Waals surface area contributed by atoms with Crippen molar-refractivity contribution in [2.45, 2.75) is 45.3 Å². The molecule has 0 aliphatic carbocycles. The summed E-state index contributed by atoms with van der Waals surface area (Å²) in [6.07, 6.45) is 4.05. The highest BCUT2D eigenvalue weighted by atomic mass is 16.7. The zero-order valence-electron chi connectivity index (χ0n) is 17.3. The fourth-order valence-electron chi connectivity index (χ4n) is 4.01. The fourth-order valence-corrected chi connectivity index (χ4v) is 4.01. The first-order valence-electron chi connectivity index (χ1n) is 10.6. The molecule has 5 nitrogen and oxygen atoms in total. The summed E-state index contributed by atoms with van der Waals surface area (Å²) in [6.45, 7) is 6.12. The van der Waals surface area contributed by atoms with E-state index >= 15 is 0 Å². The van der Waals surface area contributed by atoms with E-state index in [4.69, 9.17) is 14.2 Å². The largest absolute Gasteiger partial charge is 0.492 e. The van der Waals surface area contributed by atoms with Crippen molar-refractivity contribution in [2.75, 3.05) is 31.3 Å². The highest BCUT2D eigenvalue weighted by molar-refractivity contribution is 6.06. The monoisotopic (exact) mass is 395 g/mol. The van der Waals surface area contributed by atoms with Crippen molar-refractivity contribution in [3.05, 3.63) is 59.2 Å². The number of ether oxygens (including phenoxy) is 3. The van der Waals surface area contributed by atoms with Crippen LogP contribution in [0.25, 0.3) is 0 Å². The molecule has 2 aromatic rings. The molecule has 0 saturated carbocycles. The van der Waals surface area contributed by atoms with E-state index in [-0.39, 0.29) is 5.91 Å². The van der Waals surface area contributed by atoms with Crippen molar-refractivity contribution < 1.29 is 19.0 Å². The van der Waals surface area contributed by atoms with Crippen molar-refractivity contribution in [3.63, 3.8) is 0 Å². The van der Waals surface area contributed by atoms with E-state index in [1.807, 2.05) is 37.3 Å². The molecule has 1 spiro atoms. The molecule has 0 bridgehead atoms. The molecule has 1 amide bonds. The molecule has 2 aliphatic rings. The van der Waals surface area contributed by atoms with E-state index < -0.39 is 5.79 Å². The number of carbonyl (C=O) groups is 1. The number of amides is 1. The molecule has 2 heterocycles. The topological polar surface area (TPSA) is 48.0 Å². The SMILES string of the molecule is CCCCc1ccc2c(c1)C1(OCCCO1)C(=O)N2CCOc1cccc(C)c1. The number of anilines is 1. The summed E-state index contributed by atoms with van der Waals surface area (Å²) in [5, 5.41) is 0. The summed E-state index contributed by atoms with van der Waals surface area (Å²) < 4.78 is 17.9. The lowest BCUT2D eigenvalue weighted by Gasteiger charge is -2.32. The van der Waals surface area contributed by atoms with Crippen LogP contribution in [0.4, 0.5) is 5.69 Å². The van der Waals surface area contributed by atoms with Gasteiger partial charge in [-0.25, -0.2) is 0 Å². The smallest absolute Gasteiger partial charge is 0.292 e. The van der Waals surface area contributed by atoms with E-state index in [1.54, 1.807) is 4.90 Å². The van der Waals surface area contributed by atoms with Crippen LogP contribution >= 0.6 is 0 Å². The van der Waals surface area contributed by atoms with Crippen LogP contribution in [0.3, 0.4) is 0 Å². The van der Waals surface area contributed by atoms with Gasteiger partial charge in [0.25, 0.3) is 11.7 Å². The average molecular weight is 395 g/mol. The lowest BCUT2D eigenvalue weighted by molar-refractivity contribution is -0.256. The van der Waals surface area contributed by atoms with Crippen molar-refractivity contribution in [1.82, 2.24) is 0 Å². The van der Waals surface area contributed by atoms with Crippen LogP contribution in [-0.4, -0.2) is 32.3 Å². The molecule has 5 heteroatoms. The molecule has 1 fully saturated rings. The van der Waals surface area contributed by atoms with Crippen molar-refractivity contribution >= 4 is 11.6 Å². The van der Waals surface area contributed by atoms with Crippen LogP contribution in [0.2, 0.25) is 0 Å². The van der Waals surface area contributed by atoms with Crippen molar-refractivity contribution in [3.8, 4) is 5.75 Å². The number of carbonyl (C=O) groups excluding carboxylic acids is 1. The second-order valence-electron chi connectivity index (χ2n) is 7.74. The maximum Gasteiger partial charge on any atom is 0.292 e. The highest BCUT2D eigenvalue weighted by Crippen LogP contribution is 2.45. The third-order valence-electron chi connectivity index (χ3n) is 5.52. The quantitative estimate of drug-likeness (QED) is 0.699. The second kappa shape index (κ2) is 8.56. The summed E-state index contributed by atoms with van der Waals surface area (Å²) in [7, 11) is 0. The predicted molar refractivity (Wildman–Crippen MR) is 112 cm³/mol. The van der Waals surface area contributed by atoms with E-state index in [1.165, 1.54) is 5.56 Å². The molecular weight excluding hydrogens is 366 g/mol. The first-order chi connectivity index (χ1) is 14.1. The Hall–Kier alpha value is -2.37. The van der Waals surface area contributed by atoms with Gasteiger partial charge >= 0.3 is 0 Å². The Labute approximate surface area is 172 Å². The zero-order chi connectivity index (χ0) is 20.3. The molecule has 4 rings (SSSR count). The number of fused-ring (bicyclic) bond motifs is 2. The molecule has 29 heavy (non-hydrogen) atoms. The van der Waals surface area contributed by atoms with E-state index in [0.717, 1.165) is 48.2 Å². The Kier molecular flexibility index (Phi) is 5.88. The maximum atomic E-state index is 13.4. The van der Waals surface area contributed by atoms with Gasteiger partial charge in [-0.2, -0.15) is 0 Å². The van der Waals surface area contributed by atoms with Crippen LogP contribution in [0.5, 0.6) is 5.75 Å². The minimum Gasteiger partial charge on any atom is -0.492 e. The maximum absolute atomic E-state index is 13.4. The normalized spacial score (nSPS) is 17.6. The lowest BCUT2D eigenvalue weighted by Crippen LogP contribution is -2.48. The Morgan fingerprint density at radius 1 is 1.14 bits per heavy atom. The molecule has 0 unspecified atom stereocenters. The van der Waals surface area contributed by atoms with Gasteiger partial charge in [0.05, 0.1) is 25.4 Å². The second-order valence-corrected chi connectivity index (χ2v) is 7.74. The Balaban J connectivity index is 1.56. The third kappa shape index (κ3) is 3.89. The lowest BCUT2D eigenvalue weighted by atomic mass is 10.00. The number of unbranched alkanes of at least 4 members (excludes halogenated alkanes) is 1. The summed E-state index contributed by atoms with van der Waals surface area (Å²) >= 11 is 0. The number of rotatable bonds is 7. The molecule has 154 valence electrons. The van der Waals surface area contributed by atoms with Gasteiger partial charge < -0.3 is 19.1 Å². The standard InChI is InChI=1S/C24H29NO4/c1-3-4-8-19-10-11-22-21(17-19)24(28-13-6-14-29-24)23(26)25(22)12-15-27-20-9-5-7-18(2)16-20/h5,7,9-11,16-17H,3-4,6,8,12-15H2,1-2H3. The zero-order valence-corrected chi connectivity index (χ0v) is 17.3. The predicted octanol–water partition coefficient (Wildman–Crippen LogP) is 4.35. The summed E-state index contributed by atoms with van der Waals surface area (Å²) in [6, 6.07) is 14.2. The Bertz CT molecular complexity index is 873. The number of aryl methyl sites for hydroxylation is 2. The number of hydrogen-bond donors (Lipinski definition) is 0. The first-order valence-corrected chi connectivity index (χ1v) is 10.6. The first kappa shape index (κ1) is 19.9. The van der Waals surface area contributed by atoms with Gasteiger partial charge in [-0.3, -0.25) is 4.79 Å². The van der Waals surface area contributed by atoms with Gasteiger partial charge in [-0.15, -0.1) is 0 Å². The van der Waals surface area contributed by atoms with Gasteiger partial charge in [0.1, 0.15) is 12.4 Å².